The molecule has 2 aliphatic rings. The van der Waals surface area contributed by atoms with E-state index in [0.29, 0.717) is 13.1 Å². The van der Waals surface area contributed by atoms with Gasteiger partial charge in [0.05, 0.1) is 12.8 Å². The molecule has 1 fully saturated rings. The molecule has 1 aromatic carbocycles. The third-order valence-electron chi connectivity index (χ3n) is 5.56. The first-order valence-corrected chi connectivity index (χ1v) is 9.95. The summed E-state index contributed by atoms with van der Waals surface area (Å²) >= 11 is 0. The fourth-order valence-corrected chi connectivity index (χ4v) is 3.91. The van der Waals surface area contributed by atoms with Crippen LogP contribution in [0.4, 0.5) is 16.4 Å². The number of amides is 2. The number of benzene rings is 1. The summed E-state index contributed by atoms with van der Waals surface area (Å²) in [5, 5.41) is 2.98. The third-order valence-corrected chi connectivity index (χ3v) is 5.56. The van der Waals surface area contributed by atoms with Crippen molar-refractivity contribution in [1.29, 1.82) is 0 Å². The normalized spacial score (nSPS) is 16.5. The lowest BCUT2D eigenvalue weighted by Crippen LogP contribution is -2.36. The number of rotatable bonds is 3. The molecule has 1 N–H and O–H groups in total. The molecule has 148 valence electrons. The average molecular weight is 381 g/mol. The fraction of sp³-hybridized carbons (Fsp3) is 0.476. The van der Waals surface area contributed by atoms with Crippen LogP contribution < -0.4 is 15.0 Å². The molecule has 0 saturated carbocycles. The molecule has 2 aliphatic heterocycles. The van der Waals surface area contributed by atoms with Crippen molar-refractivity contribution in [1.82, 2.24) is 14.9 Å². The van der Waals surface area contributed by atoms with Gasteiger partial charge < -0.3 is 19.9 Å². The number of fused-ring (bicyclic) bond motifs is 1. The third kappa shape index (κ3) is 3.88. The van der Waals surface area contributed by atoms with Gasteiger partial charge in [-0.25, -0.2) is 14.8 Å². The minimum absolute atomic E-state index is 0.0802. The summed E-state index contributed by atoms with van der Waals surface area (Å²) in [5.41, 5.74) is 4.10. The quantitative estimate of drug-likeness (QED) is 0.885. The van der Waals surface area contributed by atoms with Crippen LogP contribution in [0, 0.1) is 6.92 Å². The van der Waals surface area contributed by atoms with Gasteiger partial charge in [-0.05, 0) is 56.0 Å². The zero-order valence-corrected chi connectivity index (χ0v) is 16.6. The van der Waals surface area contributed by atoms with Crippen molar-refractivity contribution in [3.8, 4) is 5.75 Å². The van der Waals surface area contributed by atoms with Crippen LogP contribution in [0.3, 0.4) is 0 Å². The molecule has 7 heteroatoms. The summed E-state index contributed by atoms with van der Waals surface area (Å²) in [4.78, 5) is 26.5. The lowest BCUT2D eigenvalue weighted by molar-refractivity contribution is 0.214. The first kappa shape index (κ1) is 18.5. The van der Waals surface area contributed by atoms with Crippen molar-refractivity contribution < 1.29 is 9.53 Å². The molecule has 28 heavy (non-hydrogen) atoms. The number of nitrogens with zero attached hydrogens (tertiary/aromatic N) is 4. The Balaban J connectivity index is 1.44. The Kier molecular flexibility index (Phi) is 5.32. The fourth-order valence-electron chi connectivity index (χ4n) is 3.91. The molecule has 0 bridgehead atoms. The Hall–Kier alpha value is -2.83. The zero-order chi connectivity index (χ0) is 19.5. The molecule has 0 atom stereocenters. The summed E-state index contributed by atoms with van der Waals surface area (Å²) in [7, 11) is 1.63. The van der Waals surface area contributed by atoms with E-state index >= 15 is 0 Å². The molecule has 3 heterocycles. The first-order chi connectivity index (χ1) is 13.6. The van der Waals surface area contributed by atoms with Gasteiger partial charge in [0, 0.05) is 44.0 Å². The van der Waals surface area contributed by atoms with Crippen LogP contribution in [-0.4, -0.2) is 54.2 Å². The molecular formula is C21H27N5O2. The Morgan fingerprint density at radius 3 is 2.46 bits per heavy atom. The van der Waals surface area contributed by atoms with Gasteiger partial charge in [-0.3, -0.25) is 0 Å². The Labute approximate surface area is 165 Å². The number of ether oxygens (including phenoxy) is 1. The van der Waals surface area contributed by atoms with Gasteiger partial charge in [-0.2, -0.15) is 0 Å². The van der Waals surface area contributed by atoms with Gasteiger partial charge >= 0.3 is 6.03 Å². The zero-order valence-electron chi connectivity index (χ0n) is 16.6. The summed E-state index contributed by atoms with van der Waals surface area (Å²) in [5.74, 6) is 1.62. The van der Waals surface area contributed by atoms with E-state index in [2.05, 4.69) is 17.1 Å². The van der Waals surface area contributed by atoms with Gasteiger partial charge in [0.15, 0.2) is 0 Å². The summed E-state index contributed by atoms with van der Waals surface area (Å²) in [6.07, 6.45) is 3.96. The Morgan fingerprint density at radius 1 is 1.04 bits per heavy atom. The van der Waals surface area contributed by atoms with Crippen LogP contribution in [0.2, 0.25) is 0 Å². The van der Waals surface area contributed by atoms with Gasteiger partial charge in [-0.1, -0.05) is 0 Å². The lowest BCUT2D eigenvalue weighted by atomic mass is 10.1. The molecule has 0 spiro atoms. The van der Waals surface area contributed by atoms with Gasteiger partial charge in [0.25, 0.3) is 0 Å². The van der Waals surface area contributed by atoms with Gasteiger partial charge in [-0.15, -0.1) is 0 Å². The van der Waals surface area contributed by atoms with E-state index in [9.17, 15) is 4.79 Å². The van der Waals surface area contributed by atoms with E-state index in [4.69, 9.17) is 14.7 Å². The number of carbonyl (C=O) groups is 1. The Morgan fingerprint density at radius 2 is 1.75 bits per heavy atom. The lowest BCUT2D eigenvalue weighted by Gasteiger charge is -2.20. The molecule has 0 aliphatic carbocycles. The number of anilines is 2. The van der Waals surface area contributed by atoms with Gasteiger partial charge in [0.1, 0.15) is 5.75 Å². The molecular weight excluding hydrogens is 354 g/mol. The number of hydrogen-bond donors (Lipinski definition) is 1. The highest BCUT2D eigenvalue weighted by Crippen LogP contribution is 2.23. The maximum absolute atomic E-state index is 12.7. The SMILES string of the molecule is COc1ccc(NC(=O)N2CCc3nc(N4CCCC4)nc(C)c3CC2)cc1. The topological polar surface area (TPSA) is 70.6 Å². The van der Waals surface area contributed by atoms with E-state index in [1.54, 1.807) is 7.11 Å². The predicted octanol–water partition coefficient (Wildman–Crippen LogP) is 3.03. The smallest absolute Gasteiger partial charge is 0.321 e. The van der Waals surface area contributed by atoms with Crippen LogP contribution in [0.25, 0.3) is 0 Å². The van der Waals surface area contributed by atoms with Crippen molar-refractivity contribution >= 4 is 17.7 Å². The molecule has 2 amide bonds. The number of aryl methyl sites for hydroxylation is 1. The van der Waals surface area contributed by atoms with Crippen molar-refractivity contribution in [2.45, 2.75) is 32.6 Å². The summed E-state index contributed by atoms with van der Waals surface area (Å²) in [6.45, 7) is 5.46. The highest BCUT2D eigenvalue weighted by molar-refractivity contribution is 5.89. The number of methoxy groups -OCH3 is 1. The maximum atomic E-state index is 12.7. The number of carbonyl (C=O) groups excluding carboxylic acids is 1. The van der Waals surface area contributed by atoms with E-state index in [1.165, 1.54) is 18.4 Å². The van der Waals surface area contributed by atoms with E-state index in [-0.39, 0.29) is 6.03 Å². The van der Waals surface area contributed by atoms with Crippen LogP contribution in [0.5, 0.6) is 5.75 Å². The van der Waals surface area contributed by atoms with Crippen LogP contribution in [0.15, 0.2) is 24.3 Å². The Bertz CT molecular complexity index is 847. The van der Waals surface area contributed by atoms with Crippen LogP contribution in [-0.2, 0) is 12.8 Å². The molecule has 7 nitrogen and oxygen atoms in total. The second-order valence-electron chi connectivity index (χ2n) is 7.37. The van der Waals surface area contributed by atoms with Crippen LogP contribution >= 0.6 is 0 Å². The molecule has 2 aromatic rings. The first-order valence-electron chi connectivity index (χ1n) is 9.95. The van der Waals surface area contributed by atoms with Gasteiger partial charge in [0.2, 0.25) is 5.95 Å². The molecule has 1 aromatic heterocycles. The number of nitrogens with one attached hydrogen (secondary N) is 1. The minimum atomic E-state index is -0.0802. The highest BCUT2D eigenvalue weighted by Gasteiger charge is 2.23. The largest absolute Gasteiger partial charge is 0.497 e. The second kappa shape index (κ2) is 8.04. The molecule has 1 saturated heterocycles. The van der Waals surface area contributed by atoms with Crippen molar-refractivity contribution in [2.24, 2.45) is 0 Å². The van der Waals surface area contributed by atoms with Crippen molar-refractivity contribution in [3.63, 3.8) is 0 Å². The number of hydrogen-bond acceptors (Lipinski definition) is 5. The molecule has 4 rings (SSSR count). The highest BCUT2D eigenvalue weighted by atomic mass is 16.5. The average Bonchev–Trinajstić information content (AvgIpc) is 3.15. The van der Waals surface area contributed by atoms with E-state index in [0.717, 1.165) is 54.7 Å². The molecule has 0 unspecified atom stereocenters. The second-order valence-corrected chi connectivity index (χ2v) is 7.37. The van der Waals surface area contributed by atoms with Crippen LogP contribution in [0.1, 0.15) is 29.8 Å². The standard InChI is InChI=1S/C21H27N5O2/c1-15-18-9-13-26(21(27)23-16-5-7-17(28-2)8-6-16)14-10-19(18)24-20(22-15)25-11-3-4-12-25/h5-8H,3-4,9-14H2,1-2H3,(H,23,27). The summed E-state index contributed by atoms with van der Waals surface area (Å²) in [6, 6.07) is 7.30. The van der Waals surface area contributed by atoms with Crippen molar-refractivity contribution in [3.05, 3.63) is 41.2 Å². The summed E-state index contributed by atoms with van der Waals surface area (Å²) < 4.78 is 5.16. The minimum Gasteiger partial charge on any atom is -0.497 e. The maximum Gasteiger partial charge on any atom is 0.321 e. The van der Waals surface area contributed by atoms with E-state index in [1.807, 2.05) is 29.2 Å². The molecule has 0 radical (unpaired) electrons. The monoisotopic (exact) mass is 381 g/mol. The number of aromatic nitrogens is 2. The van der Waals surface area contributed by atoms with E-state index < -0.39 is 0 Å². The predicted molar refractivity (Wildman–Crippen MR) is 109 cm³/mol. The number of urea groups is 1. The van der Waals surface area contributed by atoms with Crippen molar-refractivity contribution in [2.75, 3.05) is 43.5 Å².